The Morgan fingerprint density at radius 3 is 3.05 bits per heavy atom. The largest absolute Gasteiger partial charge is 0.396 e. The number of thioether (sulfide) groups is 1. The van der Waals surface area contributed by atoms with Crippen LogP contribution in [0.25, 0.3) is 10.9 Å². The number of aliphatic hydroxyl groups is 1. The molecule has 0 saturated carbocycles. The Kier molecular flexibility index (Phi) is 4.01. The number of aromatic amines is 1. The predicted molar refractivity (Wildman–Crippen MR) is 89.1 cm³/mol. The number of hydrogen-bond donors (Lipinski definition) is 2. The average molecular weight is 306 g/mol. The number of aliphatic hydroxyl groups excluding tert-OH is 1. The highest BCUT2D eigenvalue weighted by Crippen LogP contribution is 2.32. The summed E-state index contributed by atoms with van der Waals surface area (Å²) in [6.45, 7) is 1.02. The second-order valence-electron chi connectivity index (χ2n) is 5.10. The van der Waals surface area contributed by atoms with Crippen LogP contribution in [0.5, 0.6) is 0 Å². The summed E-state index contributed by atoms with van der Waals surface area (Å²) in [6, 6.07) is 8.72. The standard InChI is InChI=1S/C15H18N2OS2/c1-20-15(19)17-9-14-12(8-10(17)6-7-18)11-4-2-3-5-13(11)16-14/h2-5,10,16,18H,6-9H2,1H3/t10-/m0/s1. The predicted octanol–water partition coefficient (Wildman–Crippen LogP) is 2.92. The maximum absolute atomic E-state index is 9.32. The number of rotatable bonds is 2. The lowest BCUT2D eigenvalue weighted by molar-refractivity contribution is 0.208. The molecule has 2 aromatic rings. The van der Waals surface area contributed by atoms with Gasteiger partial charge < -0.3 is 15.0 Å². The number of H-pyrrole nitrogens is 1. The molecule has 2 N–H and O–H groups in total. The molecule has 0 unspecified atom stereocenters. The average Bonchev–Trinajstić information content (AvgIpc) is 2.84. The number of thiocarbonyl (C=S) groups is 1. The smallest absolute Gasteiger partial charge is 0.136 e. The molecule has 1 atom stereocenters. The zero-order valence-corrected chi connectivity index (χ0v) is 13.1. The Balaban J connectivity index is 2.01. The molecule has 106 valence electrons. The second kappa shape index (κ2) is 5.76. The number of hydrogen-bond acceptors (Lipinski definition) is 3. The minimum absolute atomic E-state index is 0.204. The molecule has 1 aromatic heterocycles. The molecule has 1 aromatic carbocycles. The molecule has 3 nitrogen and oxygen atoms in total. The maximum atomic E-state index is 9.32. The Hall–Kier alpha value is -1.04. The van der Waals surface area contributed by atoms with E-state index in [1.807, 2.05) is 6.26 Å². The Morgan fingerprint density at radius 2 is 2.30 bits per heavy atom. The van der Waals surface area contributed by atoms with Crippen molar-refractivity contribution in [3.05, 3.63) is 35.5 Å². The van der Waals surface area contributed by atoms with Crippen LogP contribution in [0.15, 0.2) is 24.3 Å². The molecule has 5 heteroatoms. The number of fused-ring (bicyclic) bond motifs is 3. The molecule has 2 heterocycles. The fourth-order valence-corrected chi connectivity index (χ4v) is 3.67. The van der Waals surface area contributed by atoms with E-state index in [0.717, 1.165) is 23.7 Å². The summed E-state index contributed by atoms with van der Waals surface area (Å²) in [7, 11) is 0. The minimum Gasteiger partial charge on any atom is -0.396 e. The molecule has 0 fully saturated rings. The topological polar surface area (TPSA) is 39.3 Å². The molecule has 0 aliphatic carbocycles. The number of nitrogens with zero attached hydrogens (tertiary/aromatic N) is 1. The van der Waals surface area contributed by atoms with Gasteiger partial charge in [-0.15, -0.1) is 11.8 Å². The van der Waals surface area contributed by atoms with E-state index in [9.17, 15) is 5.11 Å². The molecule has 0 amide bonds. The van der Waals surface area contributed by atoms with Crippen LogP contribution >= 0.6 is 24.0 Å². The van der Waals surface area contributed by atoms with Gasteiger partial charge in [0.25, 0.3) is 0 Å². The fourth-order valence-electron chi connectivity index (χ4n) is 3.01. The van der Waals surface area contributed by atoms with Crippen molar-refractivity contribution in [3.8, 4) is 0 Å². The van der Waals surface area contributed by atoms with Gasteiger partial charge in [0.1, 0.15) is 4.32 Å². The summed E-state index contributed by atoms with van der Waals surface area (Å²) < 4.78 is 0.910. The van der Waals surface area contributed by atoms with Crippen molar-refractivity contribution in [1.82, 2.24) is 9.88 Å². The quantitative estimate of drug-likeness (QED) is 0.837. The third-order valence-electron chi connectivity index (χ3n) is 3.98. The number of para-hydroxylation sites is 1. The summed E-state index contributed by atoms with van der Waals surface area (Å²) >= 11 is 7.07. The summed E-state index contributed by atoms with van der Waals surface area (Å²) in [5.41, 5.74) is 3.84. The lowest BCUT2D eigenvalue weighted by Crippen LogP contribution is -2.42. The number of aromatic nitrogens is 1. The van der Waals surface area contributed by atoms with Crippen LogP contribution < -0.4 is 0 Å². The molecular formula is C15H18N2OS2. The highest BCUT2D eigenvalue weighted by atomic mass is 32.2. The van der Waals surface area contributed by atoms with E-state index in [-0.39, 0.29) is 6.61 Å². The zero-order chi connectivity index (χ0) is 14.1. The van der Waals surface area contributed by atoms with Crippen molar-refractivity contribution in [1.29, 1.82) is 0 Å². The van der Waals surface area contributed by atoms with Crippen LogP contribution in [-0.4, -0.2) is 38.2 Å². The van der Waals surface area contributed by atoms with E-state index in [4.69, 9.17) is 12.2 Å². The van der Waals surface area contributed by atoms with Gasteiger partial charge in [0, 0.05) is 29.2 Å². The highest BCUT2D eigenvalue weighted by Gasteiger charge is 2.29. The summed E-state index contributed by atoms with van der Waals surface area (Å²) in [5.74, 6) is 0. The van der Waals surface area contributed by atoms with Crippen LogP contribution in [0, 0.1) is 0 Å². The summed E-state index contributed by atoms with van der Waals surface area (Å²) in [5, 5.41) is 10.6. The zero-order valence-electron chi connectivity index (χ0n) is 11.4. The maximum Gasteiger partial charge on any atom is 0.136 e. The van der Waals surface area contributed by atoms with Gasteiger partial charge in [0.15, 0.2) is 0 Å². The van der Waals surface area contributed by atoms with Gasteiger partial charge >= 0.3 is 0 Å². The second-order valence-corrected chi connectivity index (χ2v) is 6.54. The first-order valence-corrected chi connectivity index (χ1v) is 8.41. The van der Waals surface area contributed by atoms with E-state index >= 15 is 0 Å². The van der Waals surface area contributed by atoms with Gasteiger partial charge in [-0.1, -0.05) is 30.4 Å². The van der Waals surface area contributed by atoms with Crippen molar-refractivity contribution in [2.45, 2.75) is 25.4 Å². The Bertz CT molecular complexity index is 638. The Morgan fingerprint density at radius 1 is 1.50 bits per heavy atom. The first-order valence-electron chi connectivity index (χ1n) is 6.78. The first-order chi connectivity index (χ1) is 9.74. The van der Waals surface area contributed by atoms with E-state index in [2.05, 4.69) is 34.1 Å². The molecule has 0 bridgehead atoms. The van der Waals surface area contributed by atoms with Crippen LogP contribution in [0.2, 0.25) is 0 Å². The monoisotopic (exact) mass is 306 g/mol. The normalized spacial score (nSPS) is 18.3. The van der Waals surface area contributed by atoms with Crippen LogP contribution in [0.1, 0.15) is 17.7 Å². The van der Waals surface area contributed by atoms with E-state index in [1.54, 1.807) is 11.8 Å². The van der Waals surface area contributed by atoms with Crippen LogP contribution in [0.4, 0.5) is 0 Å². The third-order valence-corrected chi connectivity index (χ3v) is 5.30. The van der Waals surface area contributed by atoms with Gasteiger partial charge in [-0.05, 0) is 30.7 Å². The molecule has 1 aliphatic heterocycles. The number of benzene rings is 1. The summed E-state index contributed by atoms with van der Waals surface area (Å²) in [6.07, 6.45) is 3.72. The molecule has 0 saturated heterocycles. The molecule has 0 spiro atoms. The molecule has 3 rings (SSSR count). The molecular weight excluding hydrogens is 288 g/mol. The molecule has 1 aliphatic rings. The van der Waals surface area contributed by atoms with Gasteiger partial charge in [0.2, 0.25) is 0 Å². The van der Waals surface area contributed by atoms with Crippen molar-refractivity contribution in [2.24, 2.45) is 0 Å². The molecule has 20 heavy (non-hydrogen) atoms. The van der Waals surface area contributed by atoms with Crippen molar-refractivity contribution < 1.29 is 5.11 Å². The van der Waals surface area contributed by atoms with Gasteiger partial charge in [0.05, 0.1) is 6.54 Å². The fraction of sp³-hybridized carbons (Fsp3) is 0.400. The van der Waals surface area contributed by atoms with Gasteiger partial charge in [-0.3, -0.25) is 0 Å². The Labute approximate surface area is 128 Å². The number of nitrogens with one attached hydrogen (secondary N) is 1. The highest BCUT2D eigenvalue weighted by molar-refractivity contribution is 8.22. The first kappa shape index (κ1) is 13.9. The van der Waals surface area contributed by atoms with Crippen molar-refractivity contribution >= 4 is 39.2 Å². The van der Waals surface area contributed by atoms with Crippen molar-refractivity contribution in [2.75, 3.05) is 12.9 Å². The minimum atomic E-state index is 0.204. The summed E-state index contributed by atoms with van der Waals surface area (Å²) in [4.78, 5) is 5.76. The van der Waals surface area contributed by atoms with Crippen molar-refractivity contribution in [3.63, 3.8) is 0 Å². The van der Waals surface area contributed by atoms with Crippen LogP contribution in [-0.2, 0) is 13.0 Å². The van der Waals surface area contributed by atoms with E-state index in [0.29, 0.717) is 6.04 Å². The SMILES string of the molecule is CSC(=S)N1Cc2[nH]c3ccccc3c2C[C@@H]1CCO. The lowest BCUT2D eigenvalue weighted by atomic mass is 9.95. The molecule has 0 radical (unpaired) electrons. The van der Waals surface area contributed by atoms with Crippen LogP contribution in [0.3, 0.4) is 0 Å². The van der Waals surface area contributed by atoms with E-state index in [1.165, 1.54) is 22.2 Å². The van der Waals surface area contributed by atoms with Gasteiger partial charge in [-0.2, -0.15) is 0 Å². The lowest BCUT2D eigenvalue weighted by Gasteiger charge is -2.36. The van der Waals surface area contributed by atoms with E-state index < -0.39 is 0 Å². The van der Waals surface area contributed by atoms with Gasteiger partial charge in [-0.25, -0.2) is 0 Å². The third kappa shape index (κ3) is 2.34.